The van der Waals surface area contributed by atoms with Gasteiger partial charge in [-0.3, -0.25) is 13.6 Å². The molecule has 0 heterocycles. The minimum atomic E-state index is -0.758. The Hall–Kier alpha value is -3.85. The van der Waals surface area contributed by atoms with Crippen LogP contribution in [0, 0.1) is 0 Å². The number of aliphatic hydroxyl groups excluding tert-OH is 1. The van der Waals surface area contributed by atoms with Crippen LogP contribution in [0.15, 0.2) is 182 Å². The molecule has 0 aliphatic carbocycles. The first-order valence-corrected chi connectivity index (χ1v) is 21.6. The molecule has 0 bridgehead atoms. The van der Waals surface area contributed by atoms with E-state index in [1.54, 1.807) is 6.92 Å². The van der Waals surface area contributed by atoms with Crippen LogP contribution in [0.5, 0.6) is 0 Å². The van der Waals surface area contributed by atoms with Gasteiger partial charge >= 0.3 is 19.5 Å². The summed E-state index contributed by atoms with van der Waals surface area (Å²) in [5.41, 5.74) is 7.62. The maximum absolute atomic E-state index is 7.75. The Morgan fingerprint density at radius 2 is 0.750 bits per heavy atom. The summed E-state index contributed by atoms with van der Waals surface area (Å²) in [6, 6.07) is 64.3. The first kappa shape index (κ1) is 54.3. The van der Waals surface area contributed by atoms with E-state index < -0.39 is 15.8 Å². The maximum atomic E-state index is 7.75. The van der Waals surface area contributed by atoms with Gasteiger partial charge in [0.1, 0.15) is 0 Å². The summed E-state index contributed by atoms with van der Waals surface area (Å²) in [7, 11) is -1.52. The van der Waals surface area contributed by atoms with Gasteiger partial charge in [-0.2, -0.15) is 0 Å². The van der Waals surface area contributed by atoms with Crippen LogP contribution in [0.1, 0.15) is 25.8 Å². The van der Waals surface area contributed by atoms with Crippen molar-refractivity contribution in [3.63, 3.8) is 0 Å². The Morgan fingerprint density at radius 3 is 0.982 bits per heavy atom. The molecule has 0 unspecified atom stereocenters. The molecule has 56 heavy (non-hydrogen) atoms. The van der Waals surface area contributed by atoms with Crippen molar-refractivity contribution in [2.45, 2.75) is 26.7 Å². The van der Waals surface area contributed by atoms with Gasteiger partial charge in [0, 0.05) is 25.4 Å². The van der Waals surface area contributed by atoms with Gasteiger partial charge < -0.3 is 38.2 Å². The normalized spacial score (nSPS) is 9.23. The van der Waals surface area contributed by atoms with Crippen molar-refractivity contribution in [3.8, 4) is 0 Å². The molecular weight excluding hydrogens is 839 g/mol. The van der Waals surface area contributed by atoms with E-state index in [2.05, 4.69) is 177 Å². The van der Waals surface area contributed by atoms with Gasteiger partial charge in [0.15, 0.2) is 0 Å². The van der Waals surface area contributed by atoms with Gasteiger partial charge in [-0.15, -0.1) is 0 Å². The fraction of sp³-hybridized carbons (Fsp3) is 0.191. The summed E-state index contributed by atoms with van der Waals surface area (Å²) in [6.07, 6.45) is 4.86. The van der Waals surface area contributed by atoms with E-state index in [1.807, 2.05) is 30.3 Å². The van der Waals surface area contributed by atoms with Crippen LogP contribution in [-0.4, -0.2) is 50.7 Å². The molecule has 0 aliphatic rings. The minimum Gasteiger partial charge on any atom is -0.310 e. The van der Waals surface area contributed by atoms with E-state index in [-0.39, 0.29) is 38.5 Å². The number of carbonyl (C=O) groups excluding carboxylic acids is 2. The summed E-state index contributed by atoms with van der Waals surface area (Å²) < 4.78 is 0. The van der Waals surface area contributed by atoms with Crippen molar-refractivity contribution in [2.24, 2.45) is 0 Å². The molecule has 6 aromatic rings. The first-order valence-electron chi connectivity index (χ1n) is 18.2. The molecule has 0 fully saturated rings. The predicted octanol–water partition coefficient (Wildman–Crippen LogP) is 4.40. The van der Waals surface area contributed by atoms with Crippen LogP contribution in [0.2, 0.25) is 0 Å². The third-order valence-corrected chi connectivity index (χ3v) is 13.4. The molecule has 5 nitrogen and oxygen atoms in total. The van der Waals surface area contributed by atoms with Gasteiger partial charge in [0.05, 0.1) is 49.4 Å². The molecule has 0 amide bonds. The first-order chi connectivity index (χ1) is 26.7. The Kier molecular flexibility index (Phi) is 36.9. The second-order valence-electron chi connectivity index (χ2n) is 11.6. The standard InChI is InChI=1S/C28H29NP2.C9H12.C6H7N.C2H6O.2CHO.ClH.Ru.H/c1-5-13-25(14-6-1)30(26-15-7-2-8-16-26)23-21-29-22-24-31(27-17-9-3-10-18-27)28-19-11-4-12-20-28;1-2-6-9-7-4-3-5-8-9;7-6-4-2-1-3-5-6;1-2-3;2*1-2;;;/h1-20,29H,21-24H2;3-5,7-8H,2,6H2,1H3;1-5H,7H2;3H,2H2,1H3;2*1H;1H;;/q;;;;2*-1;;+3;/p+1. The number of hydrogen-bond donors (Lipinski definition) is 3. The SMILES string of the molecule is CCCc1ccccc1.CCO.Nc1ccccc1.[CH-]=O.[CH-]=O.[Cl-].[RuH+3].c1ccc([PH+](CCNCC[PH+](c2ccccc2)c2ccccc2)c2ccccc2)cc1. The van der Waals surface area contributed by atoms with Crippen LogP contribution in [0.25, 0.3) is 0 Å². The Bertz CT molecular complexity index is 1520. The van der Waals surface area contributed by atoms with Crippen molar-refractivity contribution in [1.29, 1.82) is 0 Å². The molecule has 0 aliphatic heterocycles. The number of halogens is 1. The zero-order chi connectivity index (χ0) is 39.5. The maximum Gasteiger partial charge on any atom is 0.0967 e. The van der Waals surface area contributed by atoms with Crippen LogP contribution >= 0.6 is 15.8 Å². The number of benzene rings is 6. The second kappa shape index (κ2) is 38.0. The Balaban J connectivity index is 0. The number of para-hydroxylation sites is 1. The van der Waals surface area contributed by atoms with E-state index in [0.29, 0.717) is 0 Å². The molecule has 0 saturated heterocycles. The molecule has 6 rings (SSSR count). The van der Waals surface area contributed by atoms with Gasteiger partial charge in [-0.05, 0) is 79.6 Å². The van der Waals surface area contributed by atoms with Crippen LogP contribution in [0.3, 0.4) is 0 Å². The summed E-state index contributed by atoms with van der Waals surface area (Å²) in [5, 5.41) is 17.3. The molecule has 0 saturated carbocycles. The topological polar surface area (TPSA) is 92.4 Å². The van der Waals surface area contributed by atoms with Crippen molar-refractivity contribution in [3.05, 3.63) is 188 Å². The van der Waals surface area contributed by atoms with E-state index in [0.717, 1.165) is 18.8 Å². The number of anilines is 1. The number of nitrogens with one attached hydrogen (secondary N) is 1. The second-order valence-corrected chi connectivity index (χ2v) is 16.9. The van der Waals surface area contributed by atoms with E-state index in [1.165, 1.54) is 51.9 Å². The van der Waals surface area contributed by atoms with E-state index in [4.69, 9.17) is 20.4 Å². The molecule has 4 N–H and O–H groups in total. The number of rotatable bonds is 12. The molecule has 9 heteroatoms. The largest absolute Gasteiger partial charge is 0.310 e. The van der Waals surface area contributed by atoms with Crippen molar-refractivity contribution in [1.82, 2.24) is 5.32 Å². The average molecular weight is 898 g/mol. The molecule has 0 spiro atoms. The summed E-state index contributed by atoms with van der Waals surface area (Å²) in [4.78, 5) is 15.5. The number of aryl methyl sites for hydroxylation is 1. The quantitative estimate of drug-likeness (QED) is 0.0424. The monoisotopic (exact) mass is 898 g/mol. The smallest absolute Gasteiger partial charge is 0.0967 e. The van der Waals surface area contributed by atoms with Crippen molar-refractivity contribution >= 4 is 56.3 Å². The van der Waals surface area contributed by atoms with Gasteiger partial charge in [0.2, 0.25) is 0 Å². The van der Waals surface area contributed by atoms with Crippen LogP contribution < -0.4 is 44.7 Å². The molecule has 0 atom stereocenters. The van der Waals surface area contributed by atoms with Gasteiger partial charge in [-0.1, -0.05) is 135 Å². The summed E-state index contributed by atoms with van der Waals surface area (Å²) in [5.74, 6) is 0. The Morgan fingerprint density at radius 1 is 0.500 bits per heavy atom. The van der Waals surface area contributed by atoms with Crippen LogP contribution in [-0.2, 0) is 35.5 Å². The Labute approximate surface area is 358 Å². The van der Waals surface area contributed by atoms with Crippen LogP contribution in [0.4, 0.5) is 5.69 Å². The molecular formula is C47H59ClN2O3P2Ru+2. The molecule has 1 radical (unpaired) electrons. The zero-order valence-electron chi connectivity index (χ0n) is 32.5. The molecule has 298 valence electrons. The zero-order valence-corrected chi connectivity index (χ0v) is 37.1. The third-order valence-electron chi connectivity index (χ3n) is 7.77. The average Bonchev–Trinajstić information content (AvgIpc) is 3.25. The van der Waals surface area contributed by atoms with E-state index >= 15 is 0 Å². The number of nitrogen functional groups attached to an aromatic ring is 1. The fourth-order valence-corrected chi connectivity index (χ4v) is 10.5. The third kappa shape index (κ3) is 23.9. The number of aliphatic hydroxyl groups is 1. The van der Waals surface area contributed by atoms with Crippen molar-refractivity contribution in [2.75, 3.05) is 37.8 Å². The number of nitrogens with two attached hydrogens (primary N) is 1. The minimum absolute atomic E-state index is 0. The summed E-state index contributed by atoms with van der Waals surface area (Å²) >= 11 is 0. The molecule has 6 aromatic carbocycles. The van der Waals surface area contributed by atoms with Crippen molar-refractivity contribution < 1.29 is 46.6 Å². The fourth-order valence-electron chi connectivity index (χ4n) is 5.41. The van der Waals surface area contributed by atoms with Gasteiger partial charge in [-0.25, -0.2) is 0 Å². The predicted molar refractivity (Wildman–Crippen MR) is 242 cm³/mol. The molecule has 0 aromatic heterocycles. The van der Waals surface area contributed by atoms with E-state index in [9.17, 15) is 0 Å². The summed E-state index contributed by atoms with van der Waals surface area (Å²) in [6.45, 7) is 12.8. The van der Waals surface area contributed by atoms with Gasteiger partial charge in [0.25, 0.3) is 0 Å². The number of hydrogen-bond acceptors (Lipinski definition) is 5.